The van der Waals surface area contributed by atoms with Gasteiger partial charge in [0, 0.05) is 36.9 Å². The number of carbonyl (C=O) groups is 16. The second-order valence-electron chi connectivity index (χ2n) is 36.7. The van der Waals surface area contributed by atoms with E-state index in [1.807, 2.05) is 65.8 Å². The van der Waals surface area contributed by atoms with Gasteiger partial charge in [-0.3, -0.25) is 76.7 Å². The smallest absolute Gasteiger partial charge is 0.243 e. The van der Waals surface area contributed by atoms with Gasteiger partial charge in [0.25, 0.3) is 0 Å². The van der Waals surface area contributed by atoms with E-state index in [9.17, 15) is 67.1 Å². The molecular weight excluding hydrogens is 1710 g/mol. The molecule has 0 aliphatic rings. The van der Waals surface area contributed by atoms with E-state index in [0.29, 0.717) is 101 Å². The highest BCUT2D eigenvalue weighted by Crippen LogP contribution is 2.22. The molecule has 39 nitrogen and oxygen atoms in total. The number of carbonyl (C=O) groups excluding carboxylic acids is 16. The summed E-state index contributed by atoms with van der Waals surface area (Å²) < 4.78 is 0. The Labute approximate surface area is 785 Å². The number of nitrogens with one attached hydrogen (secondary N) is 16. The zero-order chi connectivity index (χ0) is 99.4. The van der Waals surface area contributed by atoms with Crippen molar-refractivity contribution in [2.24, 2.45) is 75.6 Å². The number of unbranched alkanes of at least 4 members (excludes halogenated alkanes) is 6. The average molecular weight is 1870 g/mol. The third-order valence-electron chi connectivity index (χ3n) is 23.0. The second-order valence-corrected chi connectivity index (χ2v) is 36.7. The van der Waals surface area contributed by atoms with Gasteiger partial charge < -0.3 is 125 Å². The Morgan fingerprint density at radius 1 is 0.316 bits per heavy atom. The Morgan fingerprint density at radius 2 is 0.617 bits per heavy atom. The predicted octanol–water partition coefficient (Wildman–Crippen LogP) is 0.632. The van der Waals surface area contributed by atoms with Crippen LogP contribution >= 0.6 is 0 Å². The van der Waals surface area contributed by atoms with Gasteiger partial charge in [0.1, 0.15) is 84.6 Å². The molecule has 0 aliphatic carbocycles. The van der Waals surface area contributed by atoms with E-state index in [2.05, 4.69) is 84.7 Å². The molecule has 16 amide bonds. The first-order valence-electron chi connectivity index (χ1n) is 47.7. The Balaban J connectivity index is 1.95. The molecule has 0 aliphatic heterocycles. The van der Waals surface area contributed by atoms with Crippen LogP contribution in [0.1, 0.15) is 242 Å². The predicted molar refractivity (Wildman–Crippen MR) is 512 cm³/mol. The van der Waals surface area contributed by atoms with E-state index < -0.39 is 203 Å². The van der Waals surface area contributed by atoms with E-state index in [1.54, 1.807) is 78.1 Å². The summed E-state index contributed by atoms with van der Waals surface area (Å²) in [6.07, 6.45) is 7.63. The molecule has 3 rings (SSSR count). The van der Waals surface area contributed by atoms with Crippen molar-refractivity contribution in [3.8, 4) is 0 Å². The van der Waals surface area contributed by atoms with Crippen LogP contribution in [0.3, 0.4) is 0 Å². The van der Waals surface area contributed by atoms with Crippen molar-refractivity contribution in [3.63, 3.8) is 0 Å². The monoisotopic (exact) mass is 1870 g/mol. The Hall–Kier alpha value is -10.7. The van der Waals surface area contributed by atoms with Gasteiger partial charge in [0.2, 0.25) is 94.5 Å². The number of H-pyrrole nitrogens is 1. The fourth-order valence-electron chi connectivity index (χ4n) is 15.2. The summed E-state index contributed by atoms with van der Waals surface area (Å²) in [6, 6.07) is -1.49. The fourth-order valence-corrected chi connectivity index (χ4v) is 15.2. The number of nitrogens with two attached hydrogens (primary N) is 7. The molecule has 0 spiro atoms. The van der Waals surface area contributed by atoms with Crippen LogP contribution in [0.2, 0.25) is 0 Å². The number of fused-ring (bicyclic) bond motifs is 1. The molecule has 1 aromatic heterocycles. The Kier molecular flexibility index (Phi) is 55.5. The Morgan fingerprint density at radius 3 is 0.977 bits per heavy atom. The number of benzene rings is 2. The molecule has 0 saturated heterocycles. The molecule has 3 aromatic rings. The van der Waals surface area contributed by atoms with Crippen molar-refractivity contribution in [1.29, 1.82) is 0 Å². The average Bonchev–Trinajstić information content (AvgIpc) is 1.68. The zero-order valence-corrected chi connectivity index (χ0v) is 80.8. The van der Waals surface area contributed by atoms with Crippen LogP contribution in [-0.2, 0) is 89.6 Å². The number of amides is 16. The summed E-state index contributed by atoms with van der Waals surface area (Å²) in [5, 5.41) is 42.3. The lowest BCUT2D eigenvalue weighted by atomic mass is 9.97. The first-order chi connectivity index (χ1) is 63.2. The van der Waals surface area contributed by atoms with Crippen LogP contribution in [0.5, 0.6) is 0 Å². The molecular formula is C94H161N23O16. The summed E-state index contributed by atoms with van der Waals surface area (Å²) in [6.45, 7) is 23.3. The van der Waals surface area contributed by atoms with E-state index in [4.69, 9.17) is 40.1 Å². The lowest BCUT2D eigenvalue weighted by Crippen LogP contribution is -2.61. The summed E-state index contributed by atoms with van der Waals surface area (Å²) in [4.78, 5) is 232. The summed E-state index contributed by atoms with van der Waals surface area (Å²) in [5.74, 6) is -13.9. The van der Waals surface area contributed by atoms with Crippen molar-refractivity contribution in [3.05, 3.63) is 71.9 Å². The van der Waals surface area contributed by atoms with Gasteiger partial charge in [-0.25, -0.2) is 0 Å². The van der Waals surface area contributed by atoms with Crippen LogP contribution in [-0.4, -0.2) is 230 Å². The summed E-state index contributed by atoms with van der Waals surface area (Å²) in [7, 11) is 0. The highest BCUT2D eigenvalue weighted by Gasteiger charge is 2.40. The molecule has 133 heavy (non-hydrogen) atoms. The number of rotatable bonds is 68. The lowest BCUT2D eigenvalue weighted by molar-refractivity contribution is -0.136. The van der Waals surface area contributed by atoms with Crippen molar-refractivity contribution >= 4 is 105 Å². The van der Waals surface area contributed by atoms with E-state index >= 15 is 9.59 Å². The maximum atomic E-state index is 15.1. The molecule has 0 unspecified atom stereocenters. The molecule has 30 N–H and O–H groups in total. The van der Waals surface area contributed by atoms with Crippen LogP contribution < -0.4 is 120 Å². The largest absolute Gasteiger partial charge is 0.368 e. The number of aromatic amines is 1. The quantitative estimate of drug-likeness (QED) is 0.0345. The molecule has 1 heterocycles. The molecule has 15 atom stereocenters. The highest BCUT2D eigenvalue weighted by atomic mass is 16.2. The van der Waals surface area contributed by atoms with E-state index in [0.717, 1.165) is 10.9 Å². The number of hydrogen-bond donors (Lipinski definition) is 23. The normalized spacial score (nSPS) is 14.9. The van der Waals surface area contributed by atoms with Crippen molar-refractivity contribution in [2.75, 3.05) is 45.8 Å². The molecule has 0 radical (unpaired) electrons. The third kappa shape index (κ3) is 43.9. The van der Waals surface area contributed by atoms with Crippen molar-refractivity contribution in [1.82, 2.24) is 84.7 Å². The minimum atomic E-state index is -1.41. The Bertz CT molecular complexity index is 4130. The minimum Gasteiger partial charge on any atom is -0.368 e. The maximum absolute atomic E-state index is 15.1. The van der Waals surface area contributed by atoms with Crippen molar-refractivity contribution in [2.45, 2.75) is 329 Å². The van der Waals surface area contributed by atoms with Gasteiger partial charge in [-0.15, -0.1) is 0 Å². The third-order valence-corrected chi connectivity index (χ3v) is 23.0. The van der Waals surface area contributed by atoms with Gasteiger partial charge >= 0.3 is 0 Å². The van der Waals surface area contributed by atoms with Gasteiger partial charge in [-0.05, 0) is 227 Å². The zero-order valence-electron chi connectivity index (χ0n) is 80.8. The molecule has 0 fully saturated rings. The first-order valence-corrected chi connectivity index (χ1v) is 47.7. The number of para-hydroxylation sites is 1. The molecule has 0 saturated carbocycles. The maximum Gasteiger partial charge on any atom is 0.243 e. The lowest BCUT2D eigenvalue weighted by Gasteiger charge is -2.30. The van der Waals surface area contributed by atoms with Gasteiger partial charge in [0.05, 0.1) is 6.54 Å². The SMILES string of the molecule is CC[C@H](C)[C@H](NC(=O)[C@H](CCCCN)NC(=O)[C@H](CCCCN)NC(=O)[C@H](Cc1ccccc1)NC(=O)[C@H](CC(C)C)NC(=O)[C@H](CCCCN)NC(=O)[C@H](Cc1c[nH]c2ccccc12)NC(=O)[C@H](CCCCN)NC(C)=O)C(=O)NCC(=O)N[C@@H](CCCCN)C(=O)N[C@H](C(=O)N[C@@H](CC(C)C)C(=O)N[C@@H](CCCCN)C(=O)N[C@H](C(=O)N[C@@H](CC(C)C)C(N)=O)C(C)C)C(C)C. The van der Waals surface area contributed by atoms with Gasteiger partial charge in [-0.2, -0.15) is 0 Å². The fraction of sp³-hybridized carbons (Fsp3) is 0.681. The second kappa shape index (κ2) is 63.4. The highest BCUT2D eigenvalue weighted by molar-refractivity contribution is 6.01. The first kappa shape index (κ1) is 116. The van der Waals surface area contributed by atoms with Crippen LogP contribution in [0.25, 0.3) is 10.9 Å². The van der Waals surface area contributed by atoms with Crippen LogP contribution in [0.4, 0.5) is 0 Å². The minimum absolute atomic E-state index is 0.00192. The van der Waals surface area contributed by atoms with Crippen LogP contribution in [0.15, 0.2) is 60.8 Å². The number of hydrogen-bond acceptors (Lipinski definition) is 22. The van der Waals surface area contributed by atoms with E-state index in [-0.39, 0.29) is 121 Å². The summed E-state index contributed by atoms with van der Waals surface area (Å²) >= 11 is 0. The molecule has 748 valence electrons. The van der Waals surface area contributed by atoms with Gasteiger partial charge in [0.15, 0.2) is 0 Å². The van der Waals surface area contributed by atoms with Crippen LogP contribution in [0, 0.1) is 35.5 Å². The molecule has 2 aromatic carbocycles. The topological polar surface area (TPSA) is 651 Å². The number of aromatic nitrogens is 1. The molecule has 0 bridgehead atoms. The number of primary amides is 1. The van der Waals surface area contributed by atoms with E-state index in [1.165, 1.54) is 6.92 Å². The standard InChI is InChI=1S/C94H161N23O16/c1-14-60(12)80(92(131)103-54-77(119)105-67(37-21-27-43-96)85(124)115-79(59(10)11)94(133)114-74(50-57(6)7)88(127)109-70(40-24-30-46-99)86(125)116-78(58(8)9)93(132)110-72(81(101)120)48-55(2)3)117-87(126)71(41-25-31-47-100)106-83(122)68(38-22-28-44-97)107-90(129)75(51-62-32-16-15-17-33-62)112-89(128)73(49-56(4)5)111-84(123)69(39-23-29-45-98)108-91(130)76(52-63-53-102-65-35-19-18-34-64(63)65)113-82(121)66(104-61(13)118)36-20-26-42-95/h15-19,32-35,53,55-60,66-76,78-80,102H,14,20-31,36-52,54,95-100H2,1-13H3,(H2,101,120)(H,103,131)(H,104,118)(H,105,119)(H,106,122)(H,107,129)(H,108,130)(H,109,127)(H,110,132)(H,111,123)(H,112,128)(H,113,121)(H,114,133)(H,115,124)(H,116,125)(H,117,126)/t60-,66-,67-,68-,69-,70-,71-,72-,73-,74-,75-,76-,78-,79-,80-/m0/s1. The van der Waals surface area contributed by atoms with Gasteiger partial charge in [-0.1, -0.05) is 138 Å². The van der Waals surface area contributed by atoms with Crippen molar-refractivity contribution < 1.29 is 76.7 Å². The molecule has 39 heteroatoms. The summed E-state index contributed by atoms with van der Waals surface area (Å²) in [5.41, 5.74) is 43.0.